The molecule has 0 aromatic heterocycles. The van der Waals surface area contributed by atoms with Crippen LogP contribution in [-0.4, -0.2) is 24.5 Å². The van der Waals surface area contributed by atoms with Crippen molar-refractivity contribution in [3.8, 4) is 0 Å². The number of hydrogen-bond donors (Lipinski definition) is 1. The number of amides is 1. The monoisotopic (exact) mass is 311 g/mol. The van der Waals surface area contributed by atoms with Gasteiger partial charge in [-0.05, 0) is 25.0 Å². The maximum absolute atomic E-state index is 12.5. The number of hydrogen-bond acceptors (Lipinski definition) is 3. The SMILES string of the molecule is CC(C)NC(=O)COC(=O)C(c1ccccc1)c1ccccc1. The van der Waals surface area contributed by atoms with Crippen molar-refractivity contribution < 1.29 is 14.3 Å². The number of benzene rings is 2. The second kappa shape index (κ2) is 8.13. The molecule has 0 saturated carbocycles. The van der Waals surface area contributed by atoms with Crippen LogP contribution >= 0.6 is 0 Å². The molecule has 23 heavy (non-hydrogen) atoms. The summed E-state index contributed by atoms with van der Waals surface area (Å²) in [5.41, 5.74) is 1.68. The van der Waals surface area contributed by atoms with E-state index in [-0.39, 0.29) is 18.6 Å². The van der Waals surface area contributed by atoms with Gasteiger partial charge in [0.2, 0.25) is 0 Å². The van der Waals surface area contributed by atoms with Gasteiger partial charge in [0.1, 0.15) is 5.92 Å². The first-order valence-corrected chi connectivity index (χ1v) is 7.64. The quantitative estimate of drug-likeness (QED) is 0.835. The van der Waals surface area contributed by atoms with Gasteiger partial charge >= 0.3 is 5.97 Å². The fourth-order valence-corrected chi connectivity index (χ4v) is 2.34. The fraction of sp³-hybridized carbons (Fsp3) is 0.263. The van der Waals surface area contributed by atoms with E-state index in [1.54, 1.807) is 0 Å². The van der Waals surface area contributed by atoms with Gasteiger partial charge in [-0.15, -0.1) is 0 Å². The summed E-state index contributed by atoms with van der Waals surface area (Å²) in [5, 5.41) is 2.70. The largest absolute Gasteiger partial charge is 0.455 e. The van der Waals surface area contributed by atoms with Crippen LogP contribution < -0.4 is 5.32 Å². The third-order valence-corrected chi connectivity index (χ3v) is 3.30. The lowest BCUT2D eigenvalue weighted by Crippen LogP contribution is -2.34. The molecule has 0 atom stereocenters. The van der Waals surface area contributed by atoms with Crippen LogP contribution in [0.5, 0.6) is 0 Å². The Morgan fingerprint density at radius 2 is 1.39 bits per heavy atom. The number of rotatable bonds is 6. The minimum Gasteiger partial charge on any atom is -0.455 e. The van der Waals surface area contributed by atoms with Crippen LogP contribution in [0.2, 0.25) is 0 Å². The van der Waals surface area contributed by atoms with Crippen molar-refractivity contribution in [2.45, 2.75) is 25.8 Å². The van der Waals surface area contributed by atoms with Crippen LogP contribution in [0.15, 0.2) is 60.7 Å². The average molecular weight is 311 g/mol. The summed E-state index contributed by atoms with van der Waals surface area (Å²) in [6.45, 7) is 3.44. The first-order chi connectivity index (χ1) is 11.1. The molecule has 0 radical (unpaired) electrons. The molecule has 2 aromatic carbocycles. The van der Waals surface area contributed by atoms with Crippen LogP contribution in [0.25, 0.3) is 0 Å². The van der Waals surface area contributed by atoms with Crippen LogP contribution in [-0.2, 0) is 14.3 Å². The van der Waals surface area contributed by atoms with E-state index in [1.165, 1.54) is 0 Å². The van der Waals surface area contributed by atoms with Crippen molar-refractivity contribution >= 4 is 11.9 Å². The lowest BCUT2D eigenvalue weighted by molar-refractivity contribution is -0.149. The van der Waals surface area contributed by atoms with Crippen molar-refractivity contribution in [3.63, 3.8) is 0 Å². The van der Waals surface area contributed by atoms with E-state index >= 15 is 0 Å². The molecule has 1 amide bonds. The summed E-state index contributed by atoms with van der Waals surface area (Å²) in [6, 6.07) is 18.8. The van der Waals surface area contributed by atoms with Crippen molar-refractivity contribution in [3.05, 3.63) is 71.8 Å². The van der Waals surface area contributed by atoms with Crippen molar-refractivity contribution in [1.82, 2.24) is 5.32 Å². The summed E-state index contributed by atoms with van der Waals surface area (Å²) in [5.74, 6) is -1.27. The van der Waals surface area contributed by atoms with E-state index in [2.05, 4.69) is 5.32 Å². The third-order valence-electron chi connectivity index (χ3n) is 3.30. The summed E-state index contributed by atoms with van der Waals surface area (Å²) < 4.78 is 5.22. The van der Waals surface area contributed by atoms with Crippen LogP contribution in [0.4, 0.5) is 0 Å². The molecule has 2 aromatic rings. The number of carbonyl (C=O) groups excluding carboxylic acids is 2. The summed E-state index contributed by atoms with van der Waals surface area (Å²) in [4.78, 5) is 24.2. The van der Waals surface area contributed by atoms with Crippen molar-refractivity contribution in [2.24, 2.45) is 0 Å². The van der Waals surface area contributed by atoms with Gasteiger partial charge in [-0.2, -0.15) is 0 Å². The predicted octanol–water partition coefficient (Wildman–Crippen LogP) is 2.89. The number of nitrogens with one attached hydrogen (secondary N) is 1. The Labute approximate surface area is 136 Å². The molecule has 0 unspecified atom stereocenters. The summed E-state index contributed by atoms with van der Waals surface area (Å²) >= 11 is 0. The topological polar surface area (TPSA) is 55.4 Å². The lowest BCUT2D eigenvalue weighted by Gasteiger charge is -2.17. The Bertz CT molecular complexity index is 599. The molecule has 0 aliphatic carbocycles. The minimum absolute atomic E-state index is 0.0141. The Morgan fingerprint density at radius 1 is 0.913 bits per heavy atom. The van der Waals surface area contributed by atoms with Gasteiger partial charge in [0.15, 0.2) is 6.61 Å². The molecule has 120 valence electrons. The second-order valence-electron chi connectivity index (χ2n) is 5.58. The molecule has 0 heterocycles. The molecule has 2 rings (SSSR count). The highest BCUT2D eigenvalue weighted by atomic mass is 16.5. The zero-order valence-corrected chi connectivity index (χ0v) is 13.4. The van der Waals surface area contributed by atoms with Gasteiger partial charge in [0.05, 0.1) is 0 Å². The standard InChI is InChI=1S/C19H21NO3/c1-14(2)20-17(21)13-23-19(22)18(15-9-5-3-6-10-15)16-11-7-4-8-12-16/h3-12,14,18H,13H2,1-2H3,(H,20,21). The molecule has 0 aliphatic rings. The van der Waals surface area contributed by atoms with E-state index in [1.807, 2.05) is 74.5 Å². The average Bonchev–Trinajstić information content (AvgIpc) is 2.55. The first-order valence-electron chi connectivity index (χ1n) is 7.64. The molecule has 0 spiro atoms. The van der Waals surface area contributed by atoms with Gasteiger partial charge in [-0.25, -0.2) is 0 Å². The van der Waals surface area contributed by atoms with E-state index in [0.29, 0.717) is 0 Å². The second-order valence-corrected chi connectivity index (χ2v) is 5.58. The van der Waals surface area contributed by atoms with Crippen molar-refractivity contribution in [2.75, 3.05) is 6.61 Å². The van der Waals surface area contributed by atoms with Crippen molar-refractivity contribution in [1.29, 1.82) is 0 Å². The smallest absolute Gasteiger partial charge is 0.318 e. The molecule has 0 aliphatic heterocycles. The van der Waals surface area contributed by atoms with E-state index in [4.69, 9.17) is 4.74 Å². The number of ether oxygens (including phenoxy) is 1. The maximum Gasteiger partial charge on any atom is 0.318 e. The summed E-state index contributed by atoms with van der Waals surface area (Å²) in [7, 11) is 0. The molecule has 0 saturated heterocycles. The molecule has 1 N–H and O–H groups in total. The molecule has 0 fully saturated rings. The zero-order valence-electron chi connectivity index (χ0n) is 13.4. The zero-order chi connectivity index (χ0) is 16.7. The van der Waals surface area contributed by atoms with Gasteiger partial charge in [0.25, 0.3) is 5.91 Å². The number of carbonyl (C=O) groups is 2. The fourth-order valence-electron chi connectivity index (χ4n) is 2.34. The van der Waals surface area contributed by atoms with Crippen LogP contribution in [0.1, 0.15) is 30.9 Å². The Balaban J connectivity index is 2.15. The van der Waals surface area contributed by atoms with Gasteiger partial charge in [-0.1, -0.05) is 60.7 Å². The summed E-state index contributed by atoms with van der Waals surface area (Å²) in [6.07, 6.45) is 0. The van der Waals surface area contributed by atoms with Crippen LogP contribution in [0.3, 0.4) is 0 Å². The highest BCUT2D eigenvalue weighted by molar-refractivity contribution is 5.85. The highest BCUT2D eigenvalue weighted by Crippen LogP contribution is 2.25. The maximum atomic E-state index is 12.5. The number of esters is 1. The van der Waals surface area contributed by atoms with E-state index in [9.17, 15) is 9.59 Å². The minimum atomic E-state index is -0.538. The molecule has 0 bridgehead atoms. The Hall–Kier alpha value is -2.62. The Kier molecular flexibility index (Phi) is 5.92. The lowest BCUT2D eigenvalue weighted by atomic mass is 9.91. The van der Waals surface area contributed by atoms with Gasteiger partial charge in [-0.3, -0.25) is 9.59 Å². The predicted molar refractivity (Wildman–Crippen MR) is 89.0 cm³/mol. The normalized spacial score (nSPS) is 10.6. The van der Waals surface area contributed by atoms with E-state index in [0.717, 1.165) is 11.1 Å². The van der Waals surface area contributed by atoms with Crippen LogP contribution in [0, 0.1) is 0 Å². The Morgan fingerprint density at radius 3 is 1.83 bits per heavy atom. The highest BCUT2D eigenvalue weighted by Gasteiger charge is 2.24. The third kappa shape index (κ3) is 4.95. The molecular formula is C19H21NO3. The molecule has 4 heteroatoms. The van der Waals surface area contributed by atoms with Gasteiger partial charge in [0, 0.05) is 6.04 Å². The molecular weight excluding hydrogens is 290 g/mol. The first kappa shape index (κ1) is 16.7. The van der Waals surface area contributed by atoms with Gasteiger partial charge < -0.3 is 10.1 Å². The molecule has 4 nitrogen and oxygen atoms in total. The van der Waals surface area contributed by atoms with E-state index < -0.39 is 11.9 Å².